The topological polar surface area (TPSA) is 42.1 Å². The van der Waals surface area contributed by atoms with E-state index in [2.05, 4.69) is 36.1 Å². The predicted octanol–water partition coefficient (Wildman–Crippen LogP) is 2.55. The average Bonchev–Trinajstić information content (AvgIpc) is 2.37. The molecule has 2 heterocycles. The van der Waals surface area contributed by atoms with Gasteiger partial charge in [0, 0.05) is 30.6 Å². The first-order chi connectivity index (χ1) is 9.18. The third kappa shape index (κ3) is 2.62. The van der Waals surface area contributed by atoms with Crippen molar-refractivity contribution >= 4 is 10.9 Å². The number of hydrogen-bond acceptors (Lipinski definition) is 3. The predicted molar refractivity (Wildman–Crippen MR) is 78.8 cm³/mol. The standard InChI is InChI=1S/C16H21N3/c1-2-9-16(17)11-19(12-16)10-14-8-7-13-5-3-4-6-15(13)18-14/h3-8H,2,9-12,17H2,1H3. The summed E-state index contributed by atoms with van der Waals surface area (Å²) in [6.45, 7) is 5.10. The quantitative estimate of drug-likeness (QED) is 0.913. The summed E-state index contributed by atoms with van der Waals surface area (Å²) in [5.74, 6) is 0. The van der Waals surface area contributed by atoms with Crippen LogP contribution in [0.3, 0.4) is 0 Å². The van der Waals surface area contributed by atoms with Crippen LogP contribution in [0.1, 0.15) is 25.5 Å². The molecule has 2 aromatic rings. The zero-order valence-electron chi connectivity index (χ0n) is 11.5. The van der Waals surface area contributed by atoms with Crippen LogP contribution >= 0.6 is 0 Å². The molecule has 2 N–H and O–H groups in total. The van der Waals surface area contributed by atoms with Gasteiger partial charge in [0.2, 0.25) is 0 Å². The van der Waals surface area contributed by atoms with Crippen molar-refractivity contribution in [3.8, 4) is 0 Å². The second-order valence-electron chi connectivity index (χ2n) is 5.75. The fourth-order valence-corrected chi connectivity index (χ4v) is 3.04. The molecule has 0 amide bonds. The average molecular weight is 255 g/mol. The van der Waals surface area contributed by atoms with E-state index in [0.717, 1.165) is 37.3 Å². The lowest BCUT2D eigenvalue weighted by Crippen LogP contribution is -2.66. The first-order valence-electron chi connectivity index (χ1n) is 7.04. The molecule has 19 heavy (non-hydrogen) atoms. The first kappa shape index (κ1) is 12.6. The Balaban J connectivity index is 1.67. The number of benzene rings is 1. The fraction of sp³-hybridized carbons (Fsp3) is 0.438. The van der Waals surface area contributed by atoms with E-state index >= 15 is 0 Å². The van der Waals surface area contributed by atoms with E-state index < -0.39 is 0 Å². The minimum Gasteiger partial charge on any atom is -0.323 e. The molecule has 0 unspecified atom stereocenters. The Kier molecular flexibility index (Phi) is 3.25. The van der Waals surface area contributed by atoms with Crippen molar-refractivity contribution in [1.82, 2.24) is 9.88 Å². The Morgan fingerprint density at radius 1 is 1.21 bits per heavy atom. The van der Waals surface area contributed by atoms with E-state index in [1.165, 1.54) is 11.8 Å². The largest absolute Gasteiger partial charge is 0.323 e. The molecule has 1 aromatic carbocycles. The third-order valence-electron chi connectivity index (χ3n) is 3.87. The Morgan fingerprint density at radius 3 is 2.79 bits per heavy atom. The molecule has 0 radical (unpaired) electrons. The van der Waals surface area contributed by atoms with E-state index in [0.29, 0.717) is 0 Å². The van der Waals surface area contributed by atoms with Gasteiger partial charge in [-0.1, -0.05) is 37.6 Å². The number of nitrogens with zero attached hydrogens (tertiary/aromatic N) is 2. The lowest BCUT2D eigenvalue weighted by atomic mass is 9.86. The van der Waals surface area contributed by atoms with Gasteiger partial charge in [-0.2, -0.15) is 0 Å². The number of aromatic nitrogens is 1. The van der Waals surface area contributed by atoms with Gasteiger partial charge in [-0.15, -0.1) is 0 Å². The maximum atomic E-state index is 6.29. The summed E-state index contributed by atoms with van der Waals surface area (Å²) in [5, 5.41) is 1.20. The second-order valence-corrected chi connectivity index (χ2v) is 5.75. The van der Waals surface area contributed by atoms with Gasteiger partial charge in [0.25, 0.3) is 0 Å². The highest BCUT2D eigenvalue weighted by Gasteiger charge is 2.38. The Bertz CT molecular complexity index is 573. The van der Waals surface area contributed by atoms with Crippen molar-refractivity contribution in [2.24, 2.45) is 5.73 Å². The zero-order valence-corrected chi connectivity index (χ0v) is 11.5. The van der Waals surface area contributed by atoms with Gasteiger partial charge in [-0.3, -0.25) is 9.88 Å². The Labute approximate surface area is 114 Å². The van der Waals surface area contributed by atoms with E-state index in [9.17, 15) is 0 Å². The van der Waals surface area contributed by atoms with Crippen LogP contribution in [0, 0.1) is 0 Å². The smallest absolute Gasteiger partial charge is 0.0705 e. The number of nitrogens with two attached hydrogens (primary N) is 1. The third-order valence-corrected chi connectivity index (χ3v) is 3.87. The van der Waals surface area contributed by atoms with E-state index in [1.54, 1.807) is 0 Å². The molecule has 0 saturated carbocycles. The highest BCUT2D eigenvalue weighted by Crippen LogP contribution is 2.25. The second kappa shape index (κ2) is 4.91. The monoisotopic (exact) mass is 255 g/mol. The summed E-state index contributed by atoms with van der Waals surface area (Å²) in [5.41, 5.74) is 8.55. The van der Waals surface area contributed by atoms with Crippen LogP contribution in [0.2, 0.25) is 0 Å². The zero-order chi connectivity index (χ0) is 13.3. The minimum atomic E-state index is 0.0472. The summed E-state index contributed by atoms with van der Waals surface area (Å²) in [6.07, 6.45) is 2.28. The van der Waals surface area contributed by atoms with E-state index in [4.69, 9.17) is 10.7 Å². The summed E-state index contributed by atoms with van der Waals surface area (Å²) < 4.78 is 0. The van der Waals surface area contributed by atoms with Crippen LogP contribution in [0.15, 0.2) is 36.4 Å². The Hall–Kier alpha value is -1.45. The number of rotatable bonds is 4. The van der Waals surface area contributed by atoms with Crippen LogP contribution in [0.5, 0.6) is 0 Å². The van der Waals surface area contributed by atoms with Crippen molar-refractivity contribution in [3.63, 3.8) is 0 Å². The van der Waals surface area contributed by atoms with E-state index in [-0.39, 0.29) is 5.54 Å². The SMILES string of the molecule is CCCC1(N)CN(Cc2ccc3ccccc3n2)C1. The van der Waals surface area contributed by atoms with Crippen LogP contribution in [-0.2, 0) is 6.54 Å². The lowest BCUT2D eigenvalue weighted by molar-refractivity contribution is 0.0557. The minimum absolute atomic E-state index is 0.0472. The molecule has 3 heteroatoms. The summed E-state index contributed by atoms with van der Waals surface area (Å²) in [7, 11) is 0. The normalized spacial score (nSPS) is 18.4. The Morgan fingerprint density at radius 2 is 2.00 bits per heavy atom. The van der Waals surface area contributed by atoms with E-state index in [1.807, 2.05) is 12.1 Å². The molecule has 1 saturated heterocycles. The van der Waals surface area contributed by atoms with Crippen molar-refractivity contribution in [2.45, 2.75) is 31.8 Å². The molecule has 0 spiro atoms. The molecule has 1 aromatic heterocycles. The molecular formula is C16H21N3. The molecule has 1 aliphatic rings. The van der Waals surface area contributed by atoms with Crippen molar-refractivity contribution < 1.29 is 0 Å². The molecule has 1 fully saturated rings. The summed E-state index contributed by atoms with van der Waals surface area (Å²) in [4.78, 5) is 7.09. The number of fused-ring (bicyclic) bond motifs is 1. The van der Waals surface area contributed by atoms with Gasteiger partial charge in [-0.05, 0) is 18.6 Å². The van der Waals surface area contributed by atoms with Crippen molar-refractivity contribution in [3.05, 3.63) is 42.1 Å². The fourth-order valence-electron chi connectivity index (χ4n) is 3.04. The van der Waals surface area contributed by atoms with Gasteiger partial charge in [-0.25, -0.2) is 0 Å². The molecular weight excluding hydrogens is 234 g/mol. The number of pyridine rings is 1. The molecule has 3 nitrogen and oxygen atoms in total. The van der Waals surface area contributed by atoms with Gasteiger partial charge >= 0.3 is 0 Å². The van der Waals surface area contributed by atoms with Crippen LogP contribution < -0.4 is 5.73 Å². The van der Waals surface area contributed by atoms with Crippen molar-refractivity contribution in [2.75, 3.05) is 13.1 Å². The molecule has 0 atom stereocenters. The molecule has 0 aliphatic carbocycles. The highest BCUT2D eigenvalue weighted by molar-refractivity contribution is 5.78. The van der Waals surface area contributed by atoms with Crippen LogP contribution in [-0.4, -0.2) is 28.5 Å². The lowest BCUT2D eigenvalue weighted by Gasteiger charge is -2.47. The van der Waals surface area contributed by atoms with Crippen molar-refractivity contribution in [1.29, 1.82) is 0 Å². The van der Waals surface area contributed by atoms with Crippen LogP contribution in [0.25, 0.3) is 10.9 Å². The van der Waals surface area contributed by atoms with Gasteiger partial charge < -0.3 is 5.73 Å². The van der Waals surface area contributed by atoms with Gasteiger partial charge in [0.15, 0.2) is 0 Å². The van der Waals surface area contributed by atoms with Gasteiger partial charge in [0.1, 0.15) is 0 Å². The molecule has 3 rings (SSSR count). The number of hydrogen-bond donors (Lipinski definition) is 1. The number of likely N-dealkylation sites (tertiary alicyclic amines) is 1. The molecule has 1 aliphatic heterocycles. The number of para-hydroxylation sites is 1. The first-order valence-corrected chi connectivity index (χ1v) is 7.04. The van der Waals surface area contributed by atoms with Crippen LogP contribution in [0.4, 0.5) is 0 Å². The highest BCUT2D eigenvalue weighted by atomic mass is 15.2. The van der Waals surface area contributed by atoms with Gasteiger partial charge in [0.05, 0.1) is 11.2 Å². The molecule has 0 bridgehead atoms. The summed E-state index contributed by atoms with van der Waals surface area (Å²) in [6, 6.07) is 12.5. The summed E-state index contributed by atoms with van der Waals surface area (Å²) >= 11 is 0. The molecule has 100 valence electrons. The maximum absolute atomic E-state index is 6.29. The maximum Gasteiger partial charge on any atom is 0.0705 e.